The second kappa shape index (κ2) is 7.35. The van der Waals surface area contributed by atoms with Crippen molar-refractivity contribution in [1.29, 1.82) is 0 Å². The van der Waals surface area contributed by atoms with Crippen LogP contribution in [-0.4, -0.2) is 33.6 Å². The van der Waals surface area contributed by atoms with Gasteiger partial charge in [0.1, 0.15) is 10.6 Å². The van der Waals surface area contributed by atoms with Gasteiger partial charge in [0.2, 0.25) is 0 Å². The molecule has 3 aromatic rings. The number of benzene rings is 1. The first-order valence-electron chi connectivity index (χ1n) is 7.41. The van der Waals surface area contributed by atoms with E-state index in [0.29, 0.717) is 11.5 Å². The summed E-state index contributed by atoms with van der Waals surface area (Å²) in [4.78, 5) is 31.6. The van der Waals surface area contributed by atoms with Gasteiger partial charge in [-0.3, -0.25) is 10.1 Å². The molecule has 25 heavy (non-hydrogen) atoms. The van der Waals surface area contributed by atoms with Crippen molar-refractivity contribution < 1.29 is 14.3 Å². The van der Waals surface area contributed by atoms with Crippen LogP contribution in [0.4, 0.5) is 4.79 Å². The van der Waals surface area contributed by atoms with E-state index in [1.54, 1.807) is 17.0 Å². The average molecular weight is 403 g/mol. The van der Waals surface area contributed by atoms with E-state index < -0.39 is 18.0 Å². The number of ether oxygens (including phenoxy) is 1. The van der Waals surface area contributed by atoms with Gasteiger partial charge in [-0.15, -0.1) is 0 Å². The Balaban J connectivity index is 2.05. The summed E-state index contributed by atoms with van der Waals surface area (Å²) in [6, 6.07) is 12.1. The second-order valence-corrected chi connectivity index (χ2v) is 6.03. The maximum Gasteiger partial charge on any atom is 0.413 e. The van der Waals surface area contributed by atoms with Crippen LogP contribution in [0.25, 0.3) is 11.5 Å². The molecule has 2 aromatic heterocycles. The van der Waals surface area contributed by atoms with Crippen LogP contribution >= 0.6 is 15.9 Å². The largest absolute Gasteiger partial charge is 0.453 e. The van der Waals surface area contributed by atoms with E-state index in [9.17, 15) is 9.59 Å². The molecule has 0 aliphatic carbocycles. The van der Waals surface area contributed by atoms with Gasteiger partial charge in [-0.05, 0) is 33.6 Å². The van der Waals surface area contributed by atoms with Crippen molar-refractivity contribution in [1.82, 2.24) is 19.9 Å². The van der Waals surface area contributed by atoms with Crippen molar-refractivity contribution in [2.45, 2.75) is 6.04 Å². The lowest BCUT2D eigenvalue weighted by atomic mass is 10.1. The van der Waals surface area contributed by atoms with E-state index in [1.807, 2.05) is 42.5 Å². The second-order valence-electron chi connectivity index (χ2n) is 5.17. The smallest absolute Gasteiger partial charge is 0.413 e. The first-order chi connectivity index (χ1) is 12.1. The molecule has 0 saturated carbocycles. The SMILES string of the molecule is COC(=O)NC(=O)[C@H](c1ccccc1)n1cccc1-c1ncc(Br)[nH]1. The number of nitrogens with zero attached hydrogens (tertiary/aromatic N) is 2. The molecule has 128 valence electrons. The van der Waals surface area contributed by atoms with Gasteiger partial charge >= 0.3 is 6.09 Å². The number of hydrogen-bond acceptors (Lipinski definition) is 4. The van der Waals surface area contributed by atoms with Crippen molar-refractivity contribution in [2.75, 3.05) is 7.11 Å². The number of alkyl carbamates (subject to hydrolysis) is 1. The summed E-state index contributed by atoms with van der Waals surface area (Å²) < 4.78 is 7.01. The van der Waals surface area contributed by atoms with E-state index in [2.05, 4.69) is 36.0 Å². The summed E-state index contributed by atoms with van der Waals surface area (Å²) in [7, 11) is 1.21. The van der Waals surface area contributed by atoms with Crippen LogP contribution < -0.4 is 5.32 Å². The number of methoxy groups -OCH3 is 1. The van der Waals surface area contributed by atoms with Crippen LogP contribution in [0.3, 0.4) is 0 Å². The number of amides is 2. The Labute approximate surface area is 152 Å². The molecule has 0 bridgehead atoms. The topological polar surface area (TPSA) is 89.0 Å². The number of aromatic amines is 1. The zero-order chi connectivity index (χ0) is 17.8. The quantitative estimate of drug-likeness (QED) is 0.701. The van der Waals surface area contributed by atoms with E-state index in [1.165, 1.54) is 7.11 Å². The first-order valence-corrected chi connectivity index (χ1v) is 8.21. The molecular formula is C17H15BrN4O3. The van der Waals surface area contributed by atoms with Crippen LogP contribution in [0.5, 0.6) is 0 Å². The highest BCUT2D eigenvalue weighted by Gasteiger charge is 2.26. The zero-order valence-electron chi connectivity index (χ0n) is 13.3. The Morgan fingerprint density at radius 2 is 2.00 bits per heavy atom. The first kappa shape index (κ1) is 17.0. The lowest BCUT2D eigenvalue weighted by Gasteiger charge is -2.20. The summed E-state index contributed by atoms with van der Waals surface area (Å²) in [5.41, 5.74) is 1.44. The molecule has 0 aliphatic rings. The minimum Gasteiger partial charge on any atom is -0.453 e. The number of rotatable bonds is 4. The number of carbonyl (C=O) groups excluding carboxylic acids is 2. The fourth-order valence-electron chi connectivity index (χ4n) is 2.54. The molecule has 0 spiro atoms. The Bertz CT molecular complexity index is 888. The van der Waals surface area contributed by atoms with Gasteiger partial charge in [-0.1, -0.05) is 30.3 Å². The number of H-pyrrole nitrogens is 1. The van der Waals surface area contributed by atoms with Crippen LogP contribution in [0.15, 0.2) is 59.5 Å². The lowest BCUT2D eigenvalue weighted by Crippen LogP contribution is -2.37. The molecule has 7 nitrogen and oxygen atoms in total. The molecule has 8 heteroatoms. The van der Waals surface area contributed by atoms with E-state index in [0.717, 1.165) is 10.2 Å². The number of imidazole rings is 1. The number of carbonyl (C=O) groups is 2. The number of aromatic nitrogens is 3. The molecule has 0 unspecified atom stereocenters. The highest BCUT2D eigenvalue weighted by Crippen LogP contribution is 2.27. The summed E-state index contributed by atoms with van der Waals surface area (Å²) in [6.07, 6.45) is 2.60. The van der Waals surface area contributed by atoms with Crippen molar-refractivity contribution >= 4 is 27.9 Å². The molecule has 1 aromatic carbocycles. The van der Waals surface area contributed by atoms with Gasteiger partial charge in [0.05, 0.1) is 19.0 Å². The van der Waals surface area contributed by atoms with E-state index in [4.69, 9.17) is 0 Å². The monoisotopic (exact) mass is 402 g/mol. The normalized spacial score (nSPS) is 11.8. The molecule has 1 atom stereocenters. The fourth-order valence-corrected chi connectivity index (χ4v) is 2.83. The molecule has 0 saturated heterocycles. The Morgan fingerprint density at radius 3 is 2.64 bits per heavy atom. The van der Waals surface area contributed by atoms with E-state index in [-0.39, 0.29) is 0 Å². The number of hydrogen-bond donors (Lipinski definition) is 2. The maximum absolute atomic E-state index is 12.7. The van der Waals surface area contributed by atoms with Gasteiger partial charge in [0.15, 0.2) is 5.82 Å². The molecule has 0 radical (unpaired) electrons. The van der Waals surface area contributed by atoms with Crippen molar-refractivity contribution in [3.63, 3.8) is 0 Å². The molecular weight excluding hydrogens is 388 g/mol. The maximum atomic E-state index is 12.7. The molecule has 2 heterocycles. The van der Waals surface area contributed by atoms with E-state index >= 15 is 0 Å². The minimum atomic E-state index is -0.805. The third-order valence-electron chi connectivity index (χ3n) is 3.62. The standard InChI is InChI=1S/C17H15BrN4O3/c1-25-17(24)21-16(23)14(11-6-3-2-4-7-11)22-9-5-8-12(22)15-19-10-13(18)20-15/h2-10,14H,1H3,(H,19,20)(H,21,23,24)/t14-/m0/s1. The fraction of sp³-hybridized carbons (Fsp3) is 0.118. The highest BCUT2D eigenvalue weighted by molar-refractivity contribution is 9.10. The predicted octanol–water partition coefficient (Wildman–Crippen LogP) is 3.11. The van der Waals surface area contributed by atoms with Crippen LogP contribution in [0, 0.1) is 0 Å². The van der Waals surface area contributed by atoms with Gasteiger partial charge in [-0.2, -0.15) is 0 Å². The molecule has 0 fully saturated rings. The third kappa shape index (κ3) is 3.63. The van der Waals surface area contributed by atoms with Gasteiger partial charge in [-0.25, -0.2) is 9.78 Å². The van der Waals surface area contributed by atoms with Gasteiger partial charge < -0.3 is 14.3 Å². The highest BCUT2D eigenvalue weighted by atomic mass is 79.9. The number of imide groups is 1. The Kier molecular flexibility index (Phi) is 4.99. The predicted molar refractivity (Wildman–Crippen MR) is 94.8 cm³/mol. The summed E-state index contributed by atoms with van der Waals surface area (Å²) in [6.45, 7) is 0. The summed E-state index contributed by atoms with van der Waals surface area (Å²) in [5.74, 6) is 0.102. The zero-order valence-corrected chi connectivity index (χ0v) is 14.9. The Morgan fingerprint density at radius 1 is 1.24 bits per heavy atom. The molecule has 3 rings (SSSR count). The molecule has 2 amide bonds. The van der Waals surface area contributed by atoms with Crippen molar-refractivity contribution in [2.24, 2.45) is 0 Å². The summed E-state index contributed by atoms with van der Waals surface area (Å²) >= 11 is 3.33. The van der Waals surface area contributed by atoms with Crippen LogP contribution in [0.1, 0.15) is 11.6 Å². The summed E-state index contributed by atoms with van der Waals surface area (Å²) in [5, 5.41) is 2.24. The minimum absolute atomic E-state index is 0.499. The molecule has 0 aliphatic heterocycles. The average Bonchev–Trinajstić information content (AvgIpc) is 3.25. The third-order valence-corrected chi connectivity index (χ3v) is 4.02. The van der Waals surface area contributed by atoms with Crippen LogP contribution in [-0.2, 0) is 9.53 Å². The molecule has 2 N–H and O–H groups in total. The van der Waals surface area contributed by atoms with Crippen LogP contribution in [0.2, 0.25) is 0 Å². The Hall–Kier alpha value is -2.87. The lowest BCUT2D eigenvalue weighted by molar-refractivity contribution is -0.122. The van der Waals surface area contributed by atoms with Crippen molar-refractivity contribution in [3.05, 3.63) is 65.0 Å². The van der Waals surface area contributed by atoms with Crippen molar-refractivity contribution in [3.8, 4) is 11.5 Å². The van der Waals surface area contributed by atoms with Gasteiger partial charge in [0, 0.05) is 6.20 Å². The number of nitrogens with one attached hydrogen (secondary N) is 2. The van der Waals surface area contributed by atoms with Gasteiger partial charge in [0.25, 0.3) is 5.91 Å². The number of halogens is 1.